The predicted molar refractivity (Wildman–Crippen MR) is 120 cm³/mol. The average Bonchev–Trinajstić information content (AvgIpc) is 2.65. The van der Waals surface area contributed by atoms with Gasteiger partial charge in [-0.05, 0) is 58.9 Å². The van der Waals surface area contributed by atoms with Crippen LogP contribution < -0.4 is 15.5 Å². The fourth-order valence-corrected chi connectivity index (χ4v) is 3.34. The Morgan fingerprint density at radius 2 is 1.60 bits per heavy atom. The number of hydrogen-bond acceptors (Lipinski definition) is 4. The smallest absolute Gasteiger partial charge is 0.317 e. The third kappa shape index (κ3) is 6.93. The zero-order valence-electron chi connectivity index (χ0n) is 19.0. The van der Waals surface area contributed by atoms with E-state index in [0.717, 1.165) is 18.8 Å². The molecule has 2 N–H and O–H groups in total. The summed E-state index contributed by atoms with van der Waals surface area (Å²) in [5.74, 6) is -0.337. The molecule has 0 saturated carbocycles. The number of hydrogen-bond donors (Lipinski definition) is 2. The van der Waals surface area contributed by atoms with E-state index in [4.69, 9.17) is 0 Å². The van der Waals surface area contributed by atoms with Gasteiger partial charge in [-0.15, -0.1) is 0 Å². The number of carbonyl (C=O) groups is 3. The molecule has 0 unspecified atom stereocenters. The first-order valence-corrected chi connectivity index (χ1v) is 10.5. The SMILES string of the molecule is CC(=O)N(CC(=O)Nc1ccc(N2CCN(C(=O)NC(C)(C)C)CC2)cc1)C(C)C. The minimum Gasteiger partial charge on any atom is -0.368 e. The van der Waals surface area contributed by atoms with Crippen molar-refractivity contribution < 1.29 is 14.4 Å². The summed E-state index contributed by atoms with van der Waals surface area (Å²) in [6.45, 7) is 14.0. The molecule has 166 valence electrons. The van der Waals surface area contributed by atoms with Crippen LogP contribution in [0.5, 0.6) is 0 Å². The highest BCUT2D eigenvalue weighted by molar-refractivity contribution is 5.94. The summed E-state index contributed by atoms with van der Waals surface area (Å²) in [5.41, 5.74) is 1.50. The van der Waals surface area contributed by atoms with Crippen molar-refractivity contribution in [2.45, 2.75) is 53.1 Å². The van der Waals surface area contributed by atoms with Gasteiger partial charge in [0.15, 0.2) is 0 Å². The Labute approximate surface area is 179 Å². The van der Waals surface area contributed by atoms with E-state index < -0.39 is 0 Å². The van der Waals surface area contributed by atoms with Crippen LogP contribution in [0.15, 0.2) is 24.3 Å². The molecule has 1 aromatic rings. The normalized spacial score (nSPS) is 14.5. The Morgan fingerprint density at radius 1 is 1.03 bits per heavy atom. The molecule has 1 saturated heterocycles. The van der Waals surface area contributed by atoms with Gasteiger partial charge < -0.3 is 25.3 Å². The lowest BCUT2D eigenvalue weighted by Gasteiger charge is -2.37. The van der Waals surface area contributed by atoms with Crippen LogP contribution in [0.3, 0.4) is 0 Å². The first-order chi connectivity index (χ1) is 14.0. The summed E-state index contributed by atoms with van der Waals surface area (Å²) in [6, 6.07) is 7.59. The molecule has 2 rings (SSSR count). The standard InChI is InChI=1S/C22H35N5O3/c1-16(2)27(17(3)28)15-20(29)23-18-7-9-19(10-8-18)25-11-13-26(14-12-25)21(30)24-22(4,5)6/h7-10,16H,11-15H2,1-6H3,(H,23,29)(H,24,30). The van der Waals surface area contributed by atoms with Crippen molar-refractivity contribution in [3.63, 3.8) is 0 Å². The molecule has 0 spiro atoms. The topological polar surface area (TPSA) is 85.0 Å². The van der Waals surface area contributed by atoms with Crippen molar-refractivity contribution in [3.05, 3.63) is 24.3 Å². The van der Waals surface area contributed by atoms with Crippen molar-refractivity contribution in [3.8, 4) is 0 Å². The maximum absolute atomic E-state index is 12.3. The lowest BCUT2D eigenvalue weighted by molar-refractivity contribution is -0.134. The lowest BCUT2D eigenvalue weighted by atomic mass is 10.1. The summed E-state index contributed by atoms with van der Waals surface area (Å²) in [6.07, 6.45) is 0. The second-order valence-electron chi connectivity index (χ2n) is 8.99. The number of nitrogens with one attached hydrogen (secondary N) is 2. The number of urea groups is 1. The predicted octanol–water partition coefficient (Wildman–Crippen LogP) is 2.51. The van der Waals surface area contributed by atoms with Crippen LogP contribution >= 0.6 is 0 Å². The monoisotopic (exact) mass is 417 g/mol. The largest absolute Gasteiger partial charge is 0.368 e. The van der Waals surface area contributed by atoms with E-state index in [-0.39, 0.29) is 36.0 Å². The zero-order chi connectivity index (χ0) is 22.5. The number of carbonyl (C=O) groups excluding carboxylic acids is 3. The Morgan fingerprint density at radius 3 is 2.07 bits per heavy atom. The van der Waals surface area contributed by atoms with E-state index in [1.807, 2.05) is 63.8 Å². The molecule has 8 heteroatoms. The van der Waals surface area contributed by atoms with Crippen LogP contribution in [0.2, 0.25) is 0 Å². The molecule has 8 nitrogen and oxygen atoms in total. The van der Waals surface area contributed by atoms with Gasteiger partial charge >= 0.3 is 6.03 Å². The highest BCUT2D eigenvalue weighted by atomic mass is 16.2. The summed E-state index contributed by atoms with van der Waals surface area (Å²) in [5, 5.41) is 5.84. The number of nitrogens with zero attached hydrogens (tertiary/aromatic N) is 3. The van der Waals surface area contributed by atoms with Crippen LogP contribution in [-0.4, -0.2) is 71.9 Å². The van der Waals surface area contributed by atoms with Gasteiger partial charge in [-0.3, -0.25) is 9.59 Å². The number of piperazine rings is 1. The van der Waals surface area contributed by atoms with Crippen LogP contribution in [0.4, 0.5) is 16.2 Å². The molecule has 0 atom stereocenters. The van der Waals surface area contributed by atoms with E-state index >= 15 is 0 Å². The molecule has 0 aromatic heterocycles. The first kappa shape index (κ1) is 23.5. The third-order valence-corrected chi connectivity index (χ3v) is 4.91. The average molecular weight is 418 g/mol. The molecule has 0 bridgehead atoms. The Balaban J connectivity index is 1.87. The molecule has 0 radical (unpaired) electrons. The number of benzene rings is 1. The summed E-state index contributed by atoms with van der Waals surface area (Å²) < 4.78 is 0. The Hall–Kier alpha value is -2.77. The molecule has 1 aliphatic heterocycles. The summed E-state index contributed by atoms with van der Waals surface area (Å²) in [4.78, 5) is 41.8. The van der Waals surface area contributed by atoms with Crippen molar-refractivity contribution >= 4 is 29.2 Å². The molecule has 4 amide bonds. The highest BCUT2D eigenvalue weighted by Gasteiger charge is 2.24. The van der Waals surface area contributed by atoms with Crippen LogP contribution in [0, 0.1) is 0 Å². The molecular formula is C22H35N5O3. The number of anilines is 2. The third-order valence-electron chi connectivity index (χ3n) is 4.91. The van der Waals surface area contributed by atoms with Crippen molar-refractivity contribution in [2.75, 3.05) is 42.9 Å². The van der Waals surface area contributed by atoms with E-state index in [2.05, 4.69) is 15.5 Å². The second kappa shape index (κ2) is 9.82. The fraction of sp³-hybridized carbons (Fsp3) is 0.591. The lowest BCUT2D eigenvalue weighted by Crippen LogP contribution is -2.55. The van der Waals surface area contributed by atoms with E-state index in [0.29, 0.717) is 18.8 Å². The number of rotatable bonds is 5. The maximum atomic E-state index is 12.3. The molecule has 30 heavy (non-hydrogen) atoms. The molecular weight excluding hydrogens is 382 g/mol. The quantitative estimate of drug-likeness (QED) is 0.771. The molecule has 1 heterocycles. The van der Waals surface area contributed by atoms with Crippen LogP contribution in [0.25, 0.3) is 0 Å². The fourth-order valence-electron chi connectivity index (χ4n) is 3.34. The Bertz CT molecular complexity index is 747. The van der Waals surface area contributed by atoms with Gasteiger partial charge in [-0.2, -0.15) is 0 Å². The van der Waals surface area contributed by atoms with Crippen molar-refractivity contribution in [1.82, 2.24) is 15.1 Å². The van der Waals surface area contributed by atoms with Gasteiger partial charge in [0.25, 0.3) is 0 Å². The maximum Gasteiger partial charge on any atom is 0.317 e. The van der Waals surface area contributed by atoms with Gasteiger partial charge in [0.1, 0.15) is 6.54 Å². The minimum atomic E-state index is -0.245. The van der Waals surface area contributed by atoms with Crippen LogP contribution in [0.1, 0.15) is 41.5 Å². The molecule has 1 fully saturated rings. The first-order valence-electron chi connectivity index (χ1n) is 10.5. The van der Waals surface area contributed by atoms with Crippen molar-refractivity contribution in [2.24, 2.45) is 0 Å². The molecule has 1 aliphatic rings. The van der Waals surface area contributed by atoms with E-state index in [9.17, 15) is 14.4 Å². The summed E-state index contributed by atoms with van der Waals surface area (Å²) >= 11 is 0. The molecule has 0 aliphatic carbocycles. The van der Waals surface area contributed by atoms with Gasteiger partial charge in [0.2, 0.25) is 11.8 Å². The molecule has 1 aromatic carbocycles. The van der Waals surface area contributed by atoms with Crippen LogP contribution in [-0.2, 0) is 9.59 Å². The Kier molecular flexibility index (Phi) is 7.70. The van der Waals surface area contributed by atoms with E-state index in [1.165, 1.54) is 11.8 Å². The van der Waals surface area contributed by atoms with Gasteiger partial charge in [0.05, 0.1) is 0 Å². The minimum absolute atomic E-state index is 0.0267. The van der Waals surface area contributed by atoms with Gasteiger partial charge in [-0.25, -0.2) is 4.79 Å². The number of amides is 4. The van der Waals surface area contributed by atoms with Gasteiger partial charge in [0, 0.05) is 56.1 Å². The summed E-state index contributed by atoms with van der Waals surface area (Å²) in [7, 11) is 0. The van der Waals surface area contributed by atoms with Crippen molar-refractivity contribution in [1.29, 1.82) is 0 Å². The van der Waals surface area contributed by atoms with Gasteiger partial charge in [-0.1, -0.05) is 0 Å². The van der Waals surface area contributed by atoms with E-state index in [1.54, 1.807) is 0 Å². The second-order valence-corrected chi connectivity index (χ2v) is 8.99. The zero-order valence-corrected chi connectivity index (χ0v) is 19.0. The highest BCUT2D eigenvalue weighted by Crippen LogP contribution is 2.20.